The maximum Gasteiger partial charge on any atom is 0.304 e. The van der Waals surface area contributed by atoms with E-state index in [1.54, 1.807) is 0 Å². The molecule has 1 aliphatic carbocycles. The first-order chi connectivity index (χ1) is 7.46. The van der Waals surface area contributed by atoms with Gasteiger partial charge in [-0.2, -0.15) is 0 Å². The Morgan fingerprint density at radius 2 is 2.06 bits per heavy atom. The minimum atomic E-state index is -0.698. The lowest BCUT2D eigenvalue weighted by molar-refractivity contribution is -0.137. The number of carboxylic acid groups (broad SMARTS) is 1. The summed E-state index contributed by atoms with van der Waals surface area (Å²) in [5, 5.41) is 8.99. The number of carbonyl (C=O) groups is 1. The summed E-state index contributed by atoms with van der Waals surface area (Å²) in [5.74, 6) is -0.698. The van der Waals surface area contributed by atoms with E-state index in [9.17, 15) is 4.79 Å². The van der Waals surface area contributed by atoms with Crippen LogP contribution in [0.15, 0.2) is 16.6 Å². The average molecular weight is 283 g/mol. The maximum atomic E-state index is 10.9. The summed E-state index contributed by atoms with van der Waals surface area (Å²) in [7, 11) is 0. The number of rotatable bonds is 3. The molecule has 1 saturated carbocycles. The van der Waals surface area contributed by atoms with Crippen LogP contribution < -0.4 is 0 Å². The molecule has 0 heterocycles. The third-order valence-corrected chi connectivity index (χ3v) is 4.34. The number of hydrogen-bond donors (Lipinski definition) is 1. The summed E-state index contributed by atoms with van der Waals surface area (Å²) in [5.41, 5.74) is 3.55. The van der Waals surface area contributed by atoms with Gasteiger partial charge in [0.15, 0.2) is 0 Å². The maximum absolute atomic E-state index is 10.9. The van der Waals surface area contributed by atoms with E-state index in [0.29, 0.717) is 0 Å². The van der Waals surface area contributed by atoms with Crippen LogP contribution in [0.3, 0.4) is 0 Å². The number of carboxylic acids is 1. The molecule has 0 saturated heterocycles. The van der Waals surface area contributed by atoms with Crippen LogP contribution >= 0.6 is 15.9 Å². The van der Waals surface area contributed by atoms with E-state index in [1.165, 1.54) is 16.7 Å². The molecule has 0 unspecified atom stereocenters. The van der Waals surface area contributed by atoms with E-state index in [1.807, 2.05) is 6.07 Å². The molecule has 0 radical (unpaired) electrons. The van der Waals surface area contributed by atoms with E-state index in [0.717, 1.165) is 17.3 Å². The van der Waals surface area contributed by atoms with Gasteiger partial charge in [-0.1, -0.05) is 22.0 Å². The van der Waals surface area contributed by atoms with Crippen LogP contribution in [0.2, 0.25) is 0 Å². The van der Waals surface area contributed by atoms with Crippen molar-refractivity contribution in [3.05, 3.63) is 33.3 Å². The van der Waals surface area contributed by atoms with Gasteiger partial charge in [0.25, 0.3) is 0 Å². The number of hydrogen-bond acceptors (Lipinski definition) is 1. The zero-order valence-corrected chi connectivity index (χ0v) is 11.1. The third kappa shape index (κ3) is 1.88. The normalized spacial score (nSPS) is 17.2. The minimum Gasteiger partial charge on any atom is -0.481 e. The fourth-order valence-corrected chi connectivity index (χ4v) is 2.92. The molecule has 0 aromatic heterocycles. The molecule has 1 aliphatic rings. The van der Waals surface area contributed by atoms with Crippen molar-refractivity contribution in [1.29, 1.82) is 0 Å². The van der Waals surface area contributed by atoms with Gasteiger partial charge in [-0.3, -0.25) is 4.79 Å². The van der Waals surface area contributed by atoms with Gasteiger partial charge in [-0.15, -0.1) is 0 Å². The highest BCUT2D eigenvalue weighted by molar-refractivity contribution is 9.10. The number of halogens is 1. The highest BCUT2D eigenvalue weighted by Gasteiger charge is 2.47. The molecule has 0 bridgehead atoms. The van der Waals surface area contributed by atoms with Crippen LogP contribution in [0.5, 0.6) is 0 Å². The van der Waals surface area contributed by atoms with Gasteiger partial charge in [0.2, 0.25) is 0 Å². The highest BCUT2D eigenvalue weighted by atomic mass is 79.9. The highest BCUT2D eigenvalue weighted by Crippen LogP contribution is 2.53. The summed E-state index contributed by atoms with van der Waals surface area (Å²) in [6.45, 7) is 4.13. The van der Waals surface area contributed by atoms with Crippen LogP contribution in [0, 0.1) is 13.8 Å². The molecule has 1 fully saturated rings. The lowest BCUT2D eigenvalue weighted by atomic mass is 9.86. The van der Waals surface area contributed by atoms with Gasteiger partial charge in [0.1, 0.15) is 0 Å². The number of aryl methyl sites for hydroxylation is 1. The van der Waals surface area contributed by atoms with E-state index < -0.39 is 5.97 Å². The zero-order chi connectivity index (χ0) is 11.9. The second kappa shape index (κ2) is 3.88. The average Bonchev–Trinajstić information content (AvgIpc) is 2.92. The second-order valence-corrected chi connectivity index (χ2v) is 5.57. The zero-order valence-electron chi connectivity index (χ0n) is 9.51. The standard InChI is InChI=1S/C13H15BrO2/c1-8-3-4-10(14)9(2)12(8)13(5-6-13)7-11(15)16/h3-4H,5-7H2,1-2H3,(H,15,16). The van der Waals surface area contributed by atoms with Crippen LogP contribution in [0.4, 0.5) is 0 Å². The minimum absolute atomic E-state index is 0.0935. The van der Waals surface area contributed by atoms with Gasteiger partial charge in [-0.25, -0.2) is 0 Å². The second-order valence-electron chi connectivity index (χ2n) is 4.72. The van der Waals surface area contributed by atoms with E-state index >= 15 is 0 Å². The monoisotopic (exact) mass is 282 g/mol. The summed E-state index contributed by atoms with van der Waals surface area (Å²) >= 11 is 3.52. The molecule has 0 atom stereocenters. The molecule has 86 valence electrons. The molecule has 16 heavy (non-hydrogen) atoms. The molecule has 2 rings (SSSR count). The largest absolute Gasteiger partial charge is 0.481 e. The predicted molar refractivity (Wildman–Crippen MR) is 66.8 cm³/mol. The lowest BCUT2D eigenvalue weighted by Crippen LogP contribution is -2.16. The first-order valence-electron chi connectivity index (χ1n) is 5.44. The van der Waals surface area contributed by atoms with Crippen molar-refractivity contribution < 1.29 is 9.90 Å². The molecule has 0 amide bonds. The molecule has 2 nitrogen and oxygen atoms in total. The Hall–Kier alpha value is -0.830. The van der Waals surface area contributed by atoms with Crippen molar-refractivity contribution in [2.75, 3.05) is 0 Å². The molecule has 0 spiro atoms. The first-order valence-corrected chi connectivity index (χ1v) is 6.23. The Morgan fingerprint density at radius 3 is 2.56 bits per heavy atom. The number of aliphatic carboxylic acids is 1. The molecule has 3 heteroatoms. The molecule has 1 aromatic carbocycles. The fraction of sp³-hybridized carbons (Fsp3) is 0.462. The van der Waals surface area contributed by atoms with Crippen molar-refractivity contribution >= 4 is 21.9 Å². The lowest BCUT2D eigenvalue weighted by Gasteiger charge is -2.20. The van der Waals surface area contributed by atoms with Crippen molar-refractivity contribution in [3.63, 3.8) is 0 Å². The predicted octanol–water partition coefficient (Wildman–Crippen LogP) is 3.57. The van der Waals surface area contributed by atoms with Crippen LogP contribution in [-0.2, 0) is 10.2 Å². The quantitative estimate of drug-likeness (QED) is 0.920. The number of benzene rings is 1. The molecule has 1 aromatic rings. The van der Waals surface area contributed by atoms with Gasteiger partial charge >= 0.3 is 5.97 Å². The molecular weight excluding hydrogens is 268 g/mol. The molecule has 0 aliphatic heterocycles. The van der Waals surface area contributed by atoms with Crippen molar-refractivity contribution in [3.8, 4) is 0 Å². The van der Waals surface area contributed by atoms with Crippen LogP contribution in [0.25, 0.3) is 0 Å². The van der Waals surface area contributed by atoms with Gasteiger partial charge in [0.05, 0.1) is 6.42 Å². The van der Waals surface area contributed by atoms with Crippen molar-refractivity contribution in [2.24, 2.45) is 0 Å². The SMILES string of the molecule is Cc1ccc(Br)c(C)c1C1(CC(=O)O)CC1. The van der Waals surface area contributed by atoms with E-state index in [2.05, 4.69) is 35.8 Å². The first kappa shape index (κ1) is 11.6. The van der Waals surface area contributed by atoms with Gasteiger partial charge in [-0.05, 0) is 49.4 Å². The van der Waals surface area contributed by atoms with Gasteiger partial charge < -0.3 is 5.11 Å². The van der Waals surface area contributed by atoms with Gasteiger partial charge in [0, 0.05) is 9.89 Å². The molecular formula is C13H15BrO2. The Kier molecular flexibility index (Phi) is 2.82. The van der Waals surface area contributed by atoms with E-state index in [-0.39, 0.29) is 11.8 Å². The Morgan fingerprint density at radius 1 is 1.44 bits per heavy atom. The van der Waals surface area contributed by atoms with Crippen LogP contribution in [0.1, 0.15) is 36.0 Å². The van der Waals surface area contributed by atoms with Crippen LogP contribution in [-0.4, -0.2) is 11.1 Å². The summed E-state index contributed by atoms with van der Waals surface area (Å²) in [6, 6.07) is 4.10. The Balaban J connectivity index is 2.48. The summed E-state index contributed by atoms with van der Waals surface area (Å²) < 4.78 is 1.07. The third-order valence-electron chi connectivity index (χ3n) is 3.48. The van der Waals surface area contributed by atoms with Crippen molar-refractivity contribution in [1.82, 2.24) is 0 Å². The molecule has 1 N–H and O–H groups in total. The van der Waals surface area contributed by atoms with E-state index in [4.69, 9.17) is 5.11 Å². The fourth-order valence-electron chi connectivity index (χ4n) is 2.59. The smallest absolute Gasteiger partial charge is 0.304 e. The summed E-state index contributed by atoms with van der Waals surface area (Å²) in [4.78, 5) is 10.9. The summed E-state index contributed by atoms with van der Waals surface area (Å²) in [6.07, 6.45) is 2.25. The Labute approximate surface area is 104 Å². The van der Waals surface area contributed by atoms with Crippen molar-refractivity contribution in [2.45, 2.75) is 38.5 Å². The Bertz CT molecular complexity index is 447. The topological polar surface area (TPSA) is 37.3 Å².